The molecular weight excluding hydrogens is 216 g/mol. The van der Waals surface area contributed by atoms with E-state index in [1.807, 2.05) is 0 Å². The van der Waals surface area contributed by atoms with Crippen LogP contribution in [0.25, 0.3) is 0 Å². The molecule has 0 aromatic carbocycles. The van der Waals surface area contributed by atoms with Crippen LogP contribution in [0.15, 0.2) is 0 Å². The monoisotopic (exact) mass is 230 g/mol. The molecule has 0 aliphatic heterocycles. The summed E-state index contributed by atoms with van der Waals surface area (Å²) in [6, 6.07) is -1.89. The van der Waals surface area contributed by atoms with Gasteiger partial charge in [0.1, 0.15) is 12.3 Å². The van der Waals surface area contributed by atoms with E-state index >= 15 is 0 Å². The average Bonchev–Trinajstić information content (AvgIpc) is 2.14. The molecule has 0 radical (unpaired) electrons. The highest BCUT2D eigenvalue weighted by Gasteiger charge is 2.19. The number of hydrogen-bond donors (Lipinski definition) is 3. The molecule has 0 saturated heterocycles. The van der Waals surface area contributed by atoms with Gasteiger partial charge >= 0.3 is 5.97 Å². The molecule has 0 aliphatic rings. The van der Waals surface area contributed by atoms with Crippen LogP contribution in [0.2, 0.25) is 0 Å². The smallest absolute Gasteiger partial charge is 0.305 e. The Bertz CT molecular complexity index is 302. The summed E-state index contributed by atoms with van der Waals surface area (Å²) in [5.41, 5.74) is 0. The minimum atomic E-state index is -1.19. The average molecular weight is 230 g/mol. The minimum absolute atomic E-state index is 0.340. The summed E-state index contributed by atoms with van der Waals surface area (Å²) in [6.45, 7) is 2.68. The highest BCUT2D eigenvalue weighted by Crippen LogP contribution is 1.91. The predicted octanol–water partition coefficient (Wildman–Crippen LogP) is -1.33. The quantitative estimate of drug-likeness (QED) is 0.489. The highest BCUT2D eigenvalue weighted by atomic mass is 16.4. The van der Waals surface area contributed by atoms with Crippen LogP contribution in [0, 0.1) is 0 Å². The van der Waals surface area contributed by atoms with E-state index in [0.29, 0.717) is 6.29 Å². The zero-order valence-corrected chi connectivity index (χ0v) is 9.02. The molecule has 0 heterocycles. The lowest BCUT2D eigenvalue weighted by Crippen LogP contribution is -2.48. The third-order valence-electron chi connectivity index (χ3n) is 1.70. The zero-order chi connectivity index (χ0) is 12.7. The number of aliphatic carboxylic acids is 1. The third kappa shape index (κ3) is 5.74. The molecule has 0 aromatic heterocycles. The van der Waals surface area contributed by atoms with Gasteiger partial charge in [0, 0.05) is 6.92 Å². The van der Waals surface area contributed by atoms with Gasteiger partial charge in [0.2, 0.25) is 11.8 Å². The van der Waals surface area contributed by atoms with Crippen LogP contribution in [0.1, 0.15) is 20.3 Å². The van der Waals surface area contributed by atoms with Gasteiger partial charge < -0.3 is 20.5 Å². The maximum Gasteiger partial charge on any atom is 0.305 e. The number of carboxylic acids is 1. The number of carbonyl (C=O) groups excluding carboxylic acids is 3. The van der Waals surface area contributed by atoms with Crippen LogP contribution in [-0.4, -0.2) is 41.3 Å². The fraction of sp³-hybridized carbons (Fsp3) is 0.556. The molecule has 0 bridgehead atoms. The summed E-state index contributed by atoms with van der Waals surface area (Å²) in [5, 5.41) is 12.9. The van der Waals surface area contributed by atoms with Crippen molar-refractivity contribution >= 4 is 24.1 Å². The summed E-state index contributed by atoms with van der Waals surface area (Å²) >= 11 is 0. The van der Waals surface area contributed by atoms with Crippen molar-refractivity contribution in [3.05, 3.63) is 0 Å². The first-order chi connectivity index (χ1) is 7.36. The lowest BCUT2D eigenvalue weighted by molar-refractivity contribution is -0.139. The first-order valence-corrected chi connectivity index (χ1v) is 4.61. The van der Waals surface area contributed by atoms with Crippen molar-refractivity contribution in [1.29, 1.82) is 0 Å². The Hall–Kier alpha value is -1.92. The molecule has 0 rings (SSSR count). The summed E-state index contributed by atoms with van der Waals surface area (Å²) < 4.78 is 0. The van der Waals surface area contributed by atoms with Crippen molar-refractivity contribution in [3.63, 3.8) is 0 Å². The maximum absolute atomic E-state index is 11.4. The number of aldehydes is 1. The normalized spacial score (nSPS) is 13.4. The summed E-state index contributed by atoms with van der Waals surface area (Å²) in [5.74, 6) is -2.18. The first kappa shape index (κ1) is 14.1. The van der Waals surface area contributed by atoms with E-state index in [1.165, 1.54) is 13.8 Å². The SMILES string of the molecule is CC(=O)N[C@@H](C)C(=O)N[C@H](C=O)CC(=O)O. The fourth-order valence-electron chi connectivity index (χ4n) is 0.999. The summed E-state index contributed by atoms with van der Waals surface area (Å²) in [7, 11) is 0. The number of carbonyl (C=O) groups is 4. The van der Waals surface area contributed by atoms with Gasteiger partial charge in [-0.05, 0) is 6.92 Å². The number of nitrogens with one attached hydrogen (secondary N) is 2. The second-order valence-corrected chi connectivity index (χ2v) is 3.27. The molecule has 16 heavy (non-hydrogen) atoms. The highest BCUT2D eigenvalue weighted by molar-refractivity contribution is 5.88. The van der Waals surface area contributed by atoms with Gasteiger partial charge in [-0.1, -0.05) is 0 Å². The van der Waals surface area contributed by atoms with Crippen LogP contribution < -0.4 is 10.6 Å². The lowest BCUT2D eigenvalue weighted by Gasteiger charge is -2.15. The van der Waals surface area contributed by atoms with E-state index in [9.17, 15) is 19.2 Å². The van der Waals surface area contributed by atoms with Crippen molar-refractivity contribution in [2.75, 3.05) is 0 Å². The van der Waals surface area contributed by atoms with E-state index in [4.69, 9.17) is 5.11 Å². The molecule has 0 spiro atoms. The molecule has 0 saturated carbocycles. The molecule has 7 heteroatoms. The van der Waals surface area contributed by atoms with Crippen LogP contribution in [0.5, 0.6) is 0 Å². The van der Waals surface area contributed by atoms with Crippen molar-refractivity contribution in [3.8, 4) is 0 Å². The molecular formula is C9H14N2O5. The van der Waals surface area contributed by atoms with E-state index in [2.05, 4.69) is 10.6 Å². The largest absolute Gasteiger partial charge is 0.481 e. The van der Waals surface area contributed by atoms with E-state index < -0.39 is 30.4 Å². The van der Waals surface area contributed by atoms with Gasteiger partial charge in [-0.25, -0.2) is 0 Å². The first-order valence-electron chi connectivity index (χ1n) is 4.61. The van der Waals surface area contributed by atoms with Gasteiger partial charge in [0.25, 0.3) is 0 Å². The predicted molar refractivity (Wildman–Crippen MR) is 53.5 cm³/mol. The minimum Gasteiger partial charge on any atom is -0.481 e. The zero-order valence-electron chi connectivity index (χ0n) is 9.02. The molecule has 90 valence electrons. The molecule has 7 nitrogen and oxygen atoms in total. The van der Waals surface area contributed by atoms with Crippen molar-refractivity contribution in [1.82, 2.24) is 10.6 Å². The van der Waals surface area contributed by atoms with Crippen LogP contribution in [0.3, 0.4) is 0 Å². The van der Waals surface area contributed by atoms with Gasteiger partial charge in [0.15, 0.2) is 0 Å². The molecule has 0 aliphatic carbocycles. The topological polar surface area (TPSA) is 113 Å². The Kier molecular flexibility index (Phi) is 5.76. The van der Waals surface area contributed by atoms with Gasteiger partial charge in [0.05, 0.1) is 12.5 Å². The Morgan fingerprint density at radius 3 is 2.25 bits per heavy atom. The van der Waals surface area contributed by atoms with Crippen molar-refractivity contribution < 1.29 is 24.3 Å². The van der Waals surface area contributed by atoms with Crippen molar-refractivity contribution in [2.24, 2.45) is 0 Å². The number of amides is 2. The second kappa shape index (κ2) is 6.54. The third-order valence-corrected chi connectivity index (χ3v) is 1.70. The van der Waals surface area contributed by atoms with E-state index in [-0.39, 0.29) is 5.91 Å². The van der Waals surface area contributed by atoms with E-state index in [1.54, 1.807) is 0 Å². The van der Waals surface area contributed by atoms with Gasteiger partial charge in [-0.3, -0.25) is 14.4 Å². The van der Waals surface area contributed by atoms with Crippen molar-refractivity contribution in [2.45, 2.75) is 32.4 Å². The molecule has 0 fully saturated rings. The van der Waals surface area contributed by atoms with Gasteiger partial charge in [-0.15, -0.1) is 0 Å². The number of carboxylic acid groups (broad SMARTS) is 1. The Morgan fingerprint density at radius 1 is 1.31 bits per heavy atom. The molecule has 0 unspecified atom stereocenters. The Labute approximate surface area is 92.2 Å². The Morgan fingerprint density at radius 2 is 1.88 bits per heavy atom. The van der Waals surface area contributed by atoms with Gasteiger partial charge in [-0.2, -0.15) is 0 Å². The maximum atomic E-state index is 11.4. The molecule has 2 atom stereocenters. The standard InChI is InChI=1S/C9H14N2O5/c1-5(10-6(2)13)9(16)11-7(4-12)3-8(14)15/h4-5,7H,3H2,1-2H3,(H,10,13)(H,11,16)(H,14,15)/t5-,7-/m0/s1. The Balaban J connectivity index is 4.23. The number of hydrogen-bond acceptors (Lipinski definition) is 4. The molecule has 3 N–H and O–H groups in total. The van der Waals surface area contributed by atoms with Crippen LogP contribution in [0.4, 0.5) is 0 Å². The van der Waals surface area contributed by atoms with Crippen LogP contribution in [-0.2, 0) is 19.2 Å². The summed E-state index contributed by atoms with van der Waals surface area (Å²) in [4.78, 5) is 42.8. The molecule has 2 amide bonds. The second-order valence-electron chi connectivity index (χ2n) is 3.27. The molecule has 0 aromatic rings. The van der Waals surface area contributed by atoms with E-state index in [0.717, 1.165) is 0 Å². The van der Waals surface area contributed by atoms with Crippen LogP contribution >= 0.6 is 0 Å². The lowest BCUT2D eigenvalue weighted by atomic mass is 10.2. The fourth-order valence-corrected chi connectivity index (χ4v) is 0.999. The number of rotatable bonds is 6. The summed E-state index contributed by atoms with van der Waals surface area (Å²) in [6.07, 6.45) is -0.144.